The molecule has 6 nitrogen and oxygen atoms in total. The van der Waals surface area contributed by atoms with E-state index >= 15 is 0 Å². The summed E-state index contributed by atoms with van der Waals surface area (Å²) >= 11 is 1.34. The van der Waals surface area contributed by atoms with Crippen molar-refractivity contribution in [3.05, 3.63) is 47.3 Å². The van der Waals surface area contributed by atoms with Crippen LogP contribution in [0.2, 0.25) is 0 Å². The number of H-pyrrole nitrogens is 1. The second-order valence-corrected chi connectivity index (χ2v) is 7.01. The molecule has 1 N–H and O–H groups in total. The van der Waals surface area contributed by atoms with Crippen LogP contribution in [0.15, 0.2) is 35.4 Å². The average molecular weight is 345 g/mol. The lowest BCUT2D eigenvalue weighted by atomic mass is 10.1. The lowest BCUT2D eigenvalue weighted by Gasteiger charge is -2.27. The Hall–Kier alpha value is -2.28. The summed E-state index contributed by atoms with van der Waals surface area (Å²) in [6, 6.07) is 7.38. The topological polar surface area (TPSA) is 75.3 Å². The summed E-state index contributed by atoms with van der Waals surface area (Å²) in [7, 11) is 1.37. The smallest absolute Gasteiger partial charge is 0.318 e. The van der Waals surface area contributed by atoms with Gasteiger partial charge in [-0.15, -0.1) is 11.8 Å². The van der Waals surface area contributed by atoms with Crippen molar-refractivity contribution >= 4 is 23.6 Å². The zero-order chi connectivity index (χ0) is 17.1. The van der Waals surface area contributed by atoms with Crippen LogP contribution in [-0.4, -0.2) is 45.9 Å². The van der Waals surface area contributed by atoms with E-state index in [9.17, 15) is 9.59 Å². The van der Waals surface area contributed by atoms with Crippen LogP contribution >= 0.6 is 11.8 Å². The van der Waals surface area contributed by atoms with Gasteiger partial charge in [-0.05, 0) is 19.1 Å². The summed E-state index contributed by atoms with van der Waals surface area (Å²) < 4.78 is 4.77. The Kier molecular flexibility index (Phi) is 4.89. The van der Waals surface area contributed by atoms with E-state index < -0.39 is 0 Å². The lowest BCUT2D eigenvalue weighted by Crippen LogP contribution is -2.36. The number of benzene rings is 1. The molecule has 0 saturated carbocycles. The Morgan fingerprint density at radius 3 is 2.96 bits per heavy atom. The lowest BCUT2D eigenvalue weighted by molar-refractivity contribution is -0.139. The minimum absolute atomic E-state index is 0.0259. The van der Waals surface area contributed by atoms with Gasteiger partial charge >= 0.3 is 5.97 Å². The number of thioether (sulfide) groups is 1. The standard InChI is InChI=1S/C17H19N3O3S/c1-11(17(22)23-2)24-15-6-4-3-5-13(15)16(21)20-8-7-14-12(10-20)9-18-19-14/h3-6,9,11H,7-8,10H2,1-2H3,(H,18,19). The number of carbonyl (C=O) groups is 2. The average Bonchev–Trinajstić information content (AvgIpc) is 3.08. The summed E-state index contributed by atoms with van der Waals surface area (Å²) in [5.74, 6) is -0.328. The Balaban J connectivity index is 1.79. The highest BCUT2D eigenvalue weighted by atomic mass is 32.2. The molecule has 3 rings (SSSR count). The summed E-state index contributed by atoms with van der Waals surface area (Å²) in [6.45, 7) is 2.98. The van der Waals surface area contributed by atoms with Gasteiger partial charge in [-0.3, -0.25) is 14.7 Å². The van der Waals surface area contributed by atoms with Crippen LogP contribution in [0, 0.1) is 0 Å². The number of aromatic amines is 1. The number of rotatable bonds is 4. The van der Waals surface area contributed by atoms with Crippen molar-refractivity contribution in [2.75, 3.05) is 13.7 Å². The number of carbonyl (C=O) groups excluding carboxylic acids is 2. The van der Waals surface area contributed by atoms with Gasteiger partial charge < -0.3 is 9.64 Å². The summed E-state index contributed by atoms with van der Waals surface area (Å²) in [4.78, 5) is 27.2. The molecule has 0 spiro atoms. The van der Waals surface area contributed by atoms with E-state index in [1.807, 2.05) is 23.1 Å². The molecule has 7 heteroatoms. The highest BCUT2D eigenvalue weighted by Gasteiger charge is 2.25. The first-order valence-electron chi connectivity index (χ1n) is 7.74. The van der Waals surface area contributed by atoms with Crippen LogP contribution in [0.5, 0.6) is 0 Å². The van der Waals surface area contributed by atoms with Gasteiger partial charge in [0.2, 0.25) is 0 Å². The molecule has 1 aliphatic rings. The molecule has 0 radical (unpaired) electrons. The number of fused-ring (bicyclic) bond motifs is 1. The Labute approximate surface area is 144 Å². The second kappa shape index (κ2) is 7.09. The molecule has 2 aromatic rings. The van der Waals surface area contributed by atoms with Crippen molar-refractivity contribution in [3.8, 4) is 0 Å². The van der Waals surface area contributed by atoms with Crippen LogP contribution in [0.4, 0.5) is 0 Å². The van der Waals surface area contributed by atoms with Gasteiger partial charge in [-0.2, -0.15) is 5.10 Å². The maximum absolute atomic E-state index is 12.9. The van der Waals surface area contributed by atoms with E-state index in [0.717, 1.165) is 22.6 Å². The minimum Gasteiger partial charge on any atom is -0.468 e. The molecule has 1 aliphatic heterocycles. The number of nitrogens with zero attached hydrogens (tertiary/aromatic N) is 2. The van der Waals surface area contributed by atoms with E-state index in [2.05, 4.69) is 10.2 Å². The normalized spacial score (nSPS) is 14.8. The molecule has 0 fully saturated rings. The fraction of sp³-hybridized carbons (Fsp3) is 0.353. The number of nitrogens with one attached hydrogen (secondary N) is 1. The quantitative estimate of drug-likeness (QED) is 0.679. The zero-order valence-corrected chi connectivity index (χ0v) is 14.4. The van der Waals surface area contributed by atoms with E-state index in [0.29, 0.717) is 18.7 Å². The van der Waals surface area contributed by atoms with Gasteiger partial charge in [-0.1, -0.05) is 12.1 Å². The van der Waals surface area contributed by atoms with Crippen molar-refractivity contribution in [2.45, 2.75) is 30.0 Å². The van der Waals surface area contributed by atoms with E-state index in [-0.39, 0.29) is 17.1 Å². The van der Waals surface area contributed by atoms with Crippen LogP contribution in [-0.2, 0) is 22.5 Å². The third kappa shape index (κ3) is 3.31. The molecule has 2 heterocycles. The number of methoxy groups -OCH3 is 1. The Morgan fingerprint density at radius 2 is 2.17 bits per heavy atom. The molecule has 1 amide bonds. The molecular formula is C17H19N3O3S. The third-order valence-electron chi connectivity index (χ3n) is 4.04. The maximum Gasteiger partial charge on any atom is 0.318 e. The SMILES string of the molecule is COC(=O)C(C)Sc1ccccc1C(=O)N1CCc2[nH]ncc2C1. The molecule has 0 bridgehead atoms. The monoisotopic (exact) mass is 345 g/mol. The van der Waals surface area contributed by atoms with Gasteiger partial charge in [0.15, 0.2) is 0 Å². The van der Waals surface area contributed by atoms with Crippen LogP contribution in [0.3, 0.4) is 0 Å². The van der Waals surface area contributed by atoms with Crippen molar-refractivity contribution in [1.82, 2.24) is 15.1 Å². The molecule has 1 aromatic carbocycles. The number of hydrogen-bond acceptors (Lipinski definition) is 5. The first kappa shape index (κ1) is 16.6. The number of ether oxygens (including phenoxy) is 1. The molecule has 0 saturated heterocycles. The van der Waals surface area contributed by atoms with E-state index in [4.69, 9.17) is 4.74 Å². The van der Waals surface area contributed by atoms with Crippen molar-refractivity contribution in [2.24, 2.45) is 0 Å². The van der Waals surface area contributed by atoms with Crippen LogP contribution in [0.25, 0.3) is 0 Å². The number of esters is 1. The van der Waals surface area contributed by atoms with Gasteiger partial charge in [-0.25, -0.2) is 0 Å². The molecule has 126 valence electrons. The van der Waals surface area contributed by atoms with E-state index in [1.54, 1.807) is 19.2 Å². The number of amides is 1. The second-order valence-electron chi connectivity index (χ2n) is 5.63. The summed E-state index contributed by atoms with van der Waals surface area (Å²) in [5.41, 5.74) is 2.77. The highest BCUT2D eigenvalue weighted by Crippen LogP contribution is 2.29. The van der Waals surface area contributed by atoms with Crippen molar-refractivity contribution in [1.29, 1.82) is 0 Å². The van der Waals surface area contributed by atoms with Crippen LogP contribution in [0.1, 0.15) is 28.5 Å². The van der Waals surface area contributed by atoms with Gasteiger partial charge in [0, 0.05) is 35.7 Å². The van der Waals surface area contributed by atoms with Crippen molar-refractivity contribution in [3.63, 3.8) is 0 Å². The summed E-state index contributed by atoms with van der Waals surface area (Å²) in [6.07, 6.45) is 2.55. The molecular weight excluding hydrogens is 326 g/mol. The number of hydrogen-bond donors (Lipinski definition) is 1. The molecule has 0 aliphatic carbocycles. The fourth-order valence-corrected chi connectivity index (χ4v) is 3.73. The predicted molar refractivity (Wildman–Crippen MR) is 90.8 cm³/mol. The fourth-order valence-electron chi connectivity index (χ4n) is 2.72. The molecule has 1 unspecified atom stereocenters. The third-order valence-corrected chi connectivity index (χ3v) is 5.20. The van der Waals surface area contributed by atoms with Gasteiger partial charge in [0.05, 0.1) is 18.9 Å². The first-order valence-corrected chi connectivity index (χ1v) is 8.62. The highest BCUT2D eigenvalue weighted by molar-refractivity contribution is 8.00. The van der Waals surface area contributed by atoms with Gasteiger partial charge in [0.1, 0.15) is 5.25 Å². The maximum atomic E-state index is 12.9. The Morgan fingerprint density at radius 1 is 1.38 bits per heavy atom. The molecule has 1 atom stereocenters. The molecule has 24 heavy (non-hydrogen) atoms. The minimum atomic E-state index is -0.370. The largest absolute Gasteiger partial charge is 0.468 e. The predicted octanol–water partition coefficient (Wildman–Crippen LogP) is 2.26. The summed E-state index contributed by atoms with van der Waals surface area (Å²) in [5, 5.41) is 6.64. The van der Waals surface area contributed by atoms with Gasteiger partial charge in [0.25, 0.3) is 5.91 Å². The first-order chi connectivity index (χ1) is 11.6. The zero-order valence-electron chi connectivity index (χ0n) is 13.6. The van der Waals surface area contributed by atoms with E-state index in [1.165, 1.54) is 18.9 Å². The van der Waals surface area contributed by atoms with Crippen LogP contribution < -0.4 is 0 Å². The van der Waals surface area contributed by atoms with Crippen molar-refractivity contribution < 1.29 is 14.3 Å². The molecule has 1 aromatic heterocycles. The Bertz CT molecular complexity index is 759. The number of aromatic nitrogens is 2.